The zero-order valence-corrected chi connectivity index (χ0v) is 21.3. The Hall–Kier alpha value is -3.75. The Morgan fingerprint density at radius 2 is 1.66 bits per heavy atom. The lowest BCUT2D eigenvalue weighted by atomic mass is 10.1. The fourth-order valence-corrected chi connectivity index (χ4v) is 4.03. The van der Waals surface area contributed by atoms with E-state index in [4.69, 9.17) is 21.1 Å². The first-order valence-electron chi connectivity index (χ1n) is 10.8. The van der Waals surface area contributed by atoms with Crippen molar-refractivity contribution in [2.45, 2.75) is 13.8 Å². The molecule has 5 aromatic rings. The van der Waals surface area contributed by atoms with Crippen LogP contribution in [0.15, 0.2) is 86.1 Å². The highest BCUT2D eigenvalue weighted by Gasteiger charge is 2.15. The van der Waals surface area contributed by atoms with Crippen molar-refractivity contribution in [3.8, 4) is 22.8 Å². The Labute approximate surface area is 215 Å². The minimum absolute atomic E-state index is 0.147. The van der Waals surface area contributed by atoms with E-state index in [0.29, 0.717) is 28.4 Å². The Morgan fingerprint density at radius 3 is 2.43 bits per heavy atom. The number of benzene rings is 3. The molecule has 1 amide bonds. The standard InChI is InChI=1S/C27H20BrN3O3S/c1-15-3-4-18(13-16(15)2)26-30-21-14-20(9-10-23(21)34-26)29-27(35)31-25(32)24-12-11-22(33-24)17-5-7-19(28)8-6-17/h3-14H,1-2H3,(H2,29,31,32,35). The molecule has 3 aromatic carbocycles. The number of hydrogen-bond donors (Lipinski definition) is 2. The van der Waals surface area contributed by atoms with E-state index in [1.807, 2.05) is 48.5 Å². The van der Waals surface area contributed by atoms with Gasteiger partial charge in [-0.1, -0.05) is 34.1 Å². The molecule has 2 heterocycles. The van der Waals surface area contributed by atoms with Gasteiger partial charge in [0, 0.05) is 21.3 Å². The van der Waals surface area contributed by atoms with Crippen molar-refractivity contribution in [3.05, 3.63) is 94.2 Å². The monoisotopic (exact) mass is 545 g/mol. The Bertz CT molecular complexity index is 1570. The maximum Gasteiger partial charge on any atom is 0.293 e. The van der Waals surface area contributed by atoms with Crippen molar-refractivity contribution in [1.29, 1.82) is 0 Å². The van der Waals surface area contributed by atoms with Crippen LogP contribution >= 0.6 is 28.1 Å². The molecule has 174 valence electrons. The summed E-state index contributed by atoms with van der Waals surface area (Å²) >= 11 is 8.73. The van der Waals surface area contributed by atoms with E-state index in [1.54, 1.807) is 12.1 Å². The second-order valence-corrected chi connectivity index (χ2v) is 9.40. The van der Waals surface area contributed by atoms with Gasteiger partial charge in [0.2, 0.25) is 5.89 Å². The van der Waals surface area contributed by atoms with Gasteiger partial charge in [0.1, 0.15) is 11.3 Å². The average Bonchev–Trinajstić information content (AvgIpc) is 3.49. The van der Waals surface area contributed by atoms with E-state index in [-0.39, 0.29) is 10.9 Å². The van der Waals surface area contributed by atoms with Gasteiger partial charge >= 0.3 is 0 Å². The number of furan rings is 1. The fraction of sp³-hybridized carbons (Fsp3) is 0.0741. The highest BCUT2D eigenvalue weighted by molar-refractivity contribution is 9.10. The molecule has 0 aliphatic heterocycles. The maximum atomic E-state index is 12.6. The minimum atomic E-state index is -0.439. The first kappa shape index (κ1) is 23.0. The summed E-state index contributed by atoms with van der Waals surface area (Å²) in [5, 5.41) is 5.81. The molecule has 2 aromatic heterocycles. The molecule has 0 saturated carbocycles. The summed E-state index contributed by atoms with van der Waals surface area (Å²) < 4.78 is 12.6. The highest BCUT2D eigenvalue weighted by atomic mass is 79.9. The Morgan fingerprint density at radius 1 is 0.886 bits per heavy atom. The molecule has 0 spiro atoms. The number of carbonyl (C=O) groups excluding carboxylic acids is 1. The molecule has 0 fully saturated rings. The van der Waals surface area contributed by atoms with Gasteiger partial charge in [-0.3, -0.25) is 10.1 Å². The lowest BCUT2D eigenvalue weighted by Crippen LogP contribution is -2.33. The maximum absolute atomic E-state index is 12.6. The number of thiocarbonyl (C=S) groups is 1. The molecular weight excluding hydrogens is 526 g/mol. The van der Waals surface area contributed by atoms with Crippen LogP contribution in [-0.2, 0) is 0 Å². The number of fused-ring (bicyclic) bond motifs is 1. The van der Waals surface area contributed by atoms with Crippen LogP contribution in [0.5, 0.6) is 0 Å². The van der Waals surface area contributed by atoms with E-state index < -0.39 is 5.91 Å². The van der Waals surface area contributed by atoms with E-state index in [2.05, 4.69) is 57.5 Å². The number of anilines is 1. The highest BCUT2D eigenvalue weighted by Crippen LogP contribution is 2.28. The molecule has 0 unspecified atom stereocenters. The summed E-state index contributed by atoms with van der Waals surface area (Å²) in [5.41, 5.74) is 6.20. The average molecular weight is 546 g/mol. The van der Waals surface area contributed by atoms with Crippen LogP contribution in [0, 0.1) is 13.8 Å². The van der Waals surface area contributed by atoms with Gasteiger partial charge in [-0.2, -0.15) is 0 Å². The minimum Gasteiger partial charge on any atom is -0.451 e. The SMILES string of the molecule is Cc1ccc(-c2nc3cc(NC(=S)NC(=O)c4ccc(-c5ccc(Br)cc5)o4)ccc3o2)cc1C. The summed E-state index contributed by atoms with van der Waals surface area (Å²) in [6, 6.07) is 22.5. The van der Waals surface area contributed by atoms with Gasteiger partial charge < -0.3 is 14.2 Å². The number of nitrogens with zero attached hydrogens (tertiary/aromatic N) is 1. The largest absolute Gasteiger partial charge is 0.451 e. The quantitative estimate of drug-likeness (QED) is 0.231. The Balaban J connectivity index is 1.26. The van der Waals surface area contributed by atoms with Crippen molar-refractivity contribution < 1.29 is 13.6 Å². The second-order valence-electron chi connectivity index (χ2n) is 8.08. The summed E-state index contributed by atoms with van der Waals surface area (Å²) in [7, 11) is 0. The van der Waals surface area contributed by atoms with Crippen molar-refractivity contribution >= 4 is 56.0 Å². The summed E-state index contributed by atoms with van der Waals surface area (Å²) in [6.45, 7) is 4.13. The second kappa shape index (κ2) is 9.48. The molecule has 0 atom stereocenters. The lowest BCUT2D eigenvalue weighted by Gasteiger charge is -2.08. The van der Waals surface area contributed by atoms with Crippen LogP contribution in [0.4, 0.5) is 5.69 Å². The smallest absolute Gasteiger partial charge is 0.293 e. The molecule has 0 radical (unpaired) electrons. The molecule has 0 bridgehead atoms. The van der Waals surface area contributed by atoms with Crippen molar-refractivity contribution in [2.24, 2.45) is 0 Å². The number of aryl methyl sites for hydroxylation is 2. The molecule has 6 nitrogen and oxygen atoms in total. The Kier molecular flexibility index (Phi) is 6.23. The van der Waals surface area contributed by atoms with Crippen LogP contribution in [-0.4, -0.2) is 16.0 Å². The van der Waals surface area contributed by atoms with Gasteiger partial charge in [-0.15, -0.1) is 0 Å². The van der Waals surface area contributed by atoms with Gasteiger partial charge in [0.15, 0.2) is 16.5 Å². The van der Waals surface area contributed by atoms with Gasteiger partial charge in [-0.25, -0.2) is 4.98 Å². The molecule has 8 heteroatoms. The molecular formula is C27H20BrN3O3S. The summed E-state index contributed by atoms with van der Waals surface area (Å²) in [6.07, 6.45) is 0. The summed E-state index contributed by atoms with van der Waals surface area (Å²) in [4.78, 5) is 17.2. The van der Waals surface area contributed by atoms with Crippen LogP contribution in [0.3, 0.4) is 0 Å². The van der Waals surface area contributed by atoms with E-state index in [1.165, 1.54) is 11.1 Å². The van der Waals surface area contributed by atoms with E-state index in [9.17, 15) is 4.79 Å². The first-order valence-corrected chi connectivity index (χ1v) is 12.0. The summed E-state index contributed by atoms with van der Waals surface area (Å²) in [5.74, 6) is 0.871. The third-order valence-corrected chi connectivity index (χ3v) is 6.32. The van der Waals surface area contributed by atoms with Gasteiger partial charge in [-0.05, 0) is 91.8 Å². The molecule has 0 saturated heterocycles. The van der Waals surface area contributed by atoms with Crippen molar-refractivity contribution in [1.82, 2.24) is 10.3 Å². The first-order chi connectivity index (χ1) is 16.9. The van der Waals surface area contributed by atoms with E-state index in [0.717, 1.165) is 15.6 Å². The fourth-order valence-electron chi connectivity index (χ4n) is 3.56. The molecule has 0 aliphatic rings. The molecule has 5 rings (SSSR count). The number of oxazole rings is 1. The van der Waals surface area contributed by atoms with Gasteiger partial charge in [0.05, 0.1) is 0 Å². The predicted octanol–water partition coefficient (Wildman–Crippen LogP) is 7.26. The van der Waals surface area contributed by atoms with Crippen LogP contribution in [0.2, 0.25) is 0 Å². The van der Waals surface area contributed by atoms with Crippen molar-refractivity contribution in [2.75, 3.05) is 5.32 Å². The molecule has 35 heavy (non-hydrogen) atoms. The number of carbonyl (C=O) groups is 1. The number of hydrogen-bond acceptors (Lipinski definition) is 5. The number of amides is 1. The molecule has 0 aliphatic carbocycles. The normalized spacial score (nSPS) is 10.9. The van der Waals surface area contributed by atoms with Crippen LogP contribution in [0.25, 0.3) is 33.9 Å². The lowest BCUT2D eigenvalue weighted by molar-refractivity contribution is 0.0951. The number of nitrogens with one attached hydrogen (secondary N) is 2. The third-order valence-electron chi connectivity index (χ3n) is 5.58. The van der Waals surface area contributed by atoms with E-state index >= 15 is 0 Å². The van der Waals surface area contributed by atoms with Crippen molar-refractivity contribution in [3.63, 3.8) is 0 Å². The van der Waals surface area contributed by atoms with Gasteiger partial charge in [0.25, 0.3) is 5.91 Å². The number of aromatic nitrogens is 1. The third kappa shape index (κ3) is 5.03. The molecule has 2 N–H and O–H groups in total. The number of halogens is 1. The zero-order chi connectivity index (χ0) is 24.5. The number of rotatable bonds is 4. The topological polar surface area (TPSA) is 80.3 Å². The zero-order valence-electron chi connectivity index (χ0n) is 18.9. The van der Waals surface area contributed by atoms with Crippen LogP contribution in [0.1, 0.15) is 21.7 Å². The van der Waals surface area contributed by atoms with Crippen LogP contribution < -0.4 is 10.6 Å². The predicted molar refractivity (Wildman–Crippen MR) is 144 cm³/mol.